The molecule has 0 spiro atoms. The summed E-state index contributed by atoms with van der Waals surface area (Å²) in [4.78, 5) is 0. The molecule has 0 aliphatic carbocycles. The number of anilines is 1. The minimum absolute atomic E-state index is 0.123. The highest BCUT2D eigenvalue weighted by Crippen LogP contribution is 2.18. The smallest absolute Gasteiger partial charge is 0.232 e. The Morgan fingerprint density at radius 3 is 2.56 bits per heavy atom. The molecule has 0 saturated carbocycles. The predicted molar refractivity (Wildman–Crippen MR) is 65.3 cm³/mol. The molecule has 0 aliphatic rings. The molecule has 5 nitrogen and oxygen atoms in total. The van der Waals surface area contributed by atoms with Gasteiger partial charge in [-0.25, -0.2) is 8.42 Å². The first-order chi connectivity index (χ1) is 7.30. The number of rotatable bonds is 4. The van der Waals surface area contributed by atoms with Gasteiger partial charge >= 0.3 is 0 Å². The highest BCUT2D eigenvalue weighted by molar-refractivity contribution is 7.92. The van der Waals surface area contributed by atoms with E-state index in [0.717, 1.165) is 16.1 Å². The number of nitrogens with one attached hydrogen (secondary N) is 1. The van der Waals surface area contributed by atoms with Crippen LogP contribution in [0, 0.1) is 12.3 Å². The van der Waals surface area contributed by atoms with Crippen molar-refractivity contribution in [2.24, 2.45) is 5.73 Å². The largest absolute Gasteiger partial charge is 0.386 e. The molecule has 0 bridgehead atoms. The van der Waals surface area contributed by atoms with E-state index in [-0.39, 0.29) is 12.4 Å². The summed E-state index contributed by atoms with van der Waals surface area (Å²) >= 11 is 0. The van der Waals surface area contributed by atoms with Crippen LogP contribution in [0.5, 0.6) is 0 Å². The van der Waals surface area contributed by atoms with E-state index in [9.17, 15) is 8.42 Å². The lowest BCUT2D eigenvalue weighted by Crippen LogP contribution is -2.37. The minimum Gasteiger partial charge on any atom is -0.386 e. The van der Waals surface area contributed by atoms with Gasteiger partial charge in [0, 0.05) is 0 Å². The van der Waals surface area contributed by atoms with Gasteiger partial charge in [-0.05, 0) is 24.6 Å². The van der Waals surface area contributed by atoms with E-state index >= 15 is 0 Å². The van der Waals surface area contributed by atoms with E-state index in [4.69, 9.17) is 11.1 Å². The molecule has 0 saturated heterocycles. The highest BCUT2D eigenvalue weighted by atomic mass is 32.2. The molecule has 0 amide bonds. The molecular weight excluding hydrogens is 226 g/mol. The third kappa shape index (κ3) is 3.23. The molecule has 0 atom stereocenters. The van der Waals surface area contributed by atoms with Gasteiger partial charge in [-0.15, -0.1) is 0 Å². The summed E-state index contributed by atoms with van der Waals surface area (Å²) in [7, 11) is -3.42. The third-order valence-corrected chi connectivity index (χ3v) is 3.14. The minimum atomic E-state index is -3.42. The Kier molecular flexibility index (Phi) is 3.54. The highest BCUT2D eigenvalue weighted by Gasteiger charge is 2.17. The van der Waals surface area contributed by atoms with Gasteiger partial charge in [-0.2, -0.15) is 0 Å². The van der Waals surface area contributed by atoms with Crippen LogP contribution in [0.1, 0.15) is 5.56 Å². The number of hydrogen-bond acceptors (Lipinski definition) is 3. The van der Waals surface area contributed by atoms with E-state index in [1.165, 1.54) is 0 Å². The zero-order chi connectivity index (χ0) is 12.3. The third-order valence-electron chi connectivity index (χ3n) is 2.00. The van der Waals surface area contributed by atoms with Gasteiger partial charge < -0.3 is 5.73 Å². The molecule has 3 N–H and O–H groups in total. The van der Waals surface area contributed by atoms with Crippen LogP contribution < -0.4 is 10.0 Å². The Morgan fingerprint density at radius 2 is 2.12 bits per heavy atom. The lowest BCUT2D eigenvalue weighted by Gasteiger charge is -2.21. The first-order valence-corrected chi connectivity index (χ1v) is 6.53. The van der Waals surface area contributed by atoms with Gasteiger partial charge in [-0.1, -0.05) is 12.1 Å². The van der Waals surface area contributed by atoms with Crippen LogP contribution >= 0.6 is 0 Å². The quantitative estimate of drug-likeness (QED) is 0.600. The fourth-order valence-electron chi connectivity index (χ4n) is 1.34. The number of hydrogen-bond donors (Lipinski definition) is 2. The normalized spacial score (nSPS) is 11.1. The molecule has 0 unspecified atom stereocenters. The summed E-state index contributed by atoms with van der Waals surface area (Å²) in [5.74, 6) is -0.188. The molecule has 1 aromatic rings. The average Bonchev–Trinajstić information content (AvgIpc) is 2.12. The van der Waals surface area contributed by atoms with Crippen LogP contribution in [-0.2, 0) is 10.0 Å². The van der Waals surface area contributed by atoms with Crippen molar-refractivity contribution in [2.45, 2.75) is 6.92 Å². The Morgan fingerprint density at radius 1 is 1.50 bits per heavy atom. The number of sulfonamides is 1. The summed E-state index contributed by atoms with van der Waals surface area (Å²) in [5.41, 5.74) is 6.72. The fraction of sp³-hybridized carbons (Fsp3) is 0.300. The van der Waals surface area contributed by atoms with Gasteiger partial charge in [0.05, 0.1) is 18.5 Å². The zero-order valence-electron chi connectivity index (χ0n) is 9.27. The maximum Gasteiger partial charge on any atom is 0.232 e. The van der Waals surface area contributed by atoms with E-state index in [1.807, 2.05) is 13.0 Å². The molecule has 88 valence electrons. The molecular formula is C10H15N3O2S. The van der Waals surface area contributed by atoms with E-state index in [0.29, 0.717) is 5.69 Å². The van der Waals surface area contributed by atoms with Crippen LogP contribution in [0.3, 0.4) is 0 Å². The summed E-state index contributed by atoms with van der Waals surface area (Å²) < 4.78 is 24.2. The van der Waals surface area contributed by atoms with Gasteiger partial charge in [0.1, 0.15) is 5.84 Å². The number of benzene rings is 1. The SMILES string of the molecule is Cc1cccc(N(CC(=N)N)S(C)(=O)=O)c1. The second-order valence-corrected chi connectivity index (χ2v) is 5.54. The second kappa shape index (κ2) is 4.52. The van der Waals surface area contributed by atoms with Crippen LogP contribution in [0.25, 0.3) is 0 Å². The molecule has 0 heterocycles. The van der Waals surface area contributed by atoms with Crippen molar-refractivity contribution in [3.05, 3.63) is 29.8 Å². The number of nitrogens with zero attached hydrogens (tertiary/aromatic N) is 1. The Balaban J connectivity index is 3.16. The lowest BCUT2D eigenvalue weighted by molar-refractivity contribution is 0.599. The maximum absolute atomic E-state index is 11.6. The number of amidine groups is 1. The van der Waals surface area contributed by atoms with Crippen molar-refractivity contribution in [1.82, 2.24) is 0 Å². The van der Waals surface area contributed by atoms with Crippen LogP contribution in [-0.4, -0.2) is 27.1 Å². The summed E-state index contributed by atoms with van der Waals surface area (Å²) in [6.45, 7) is 1.75. The number of nitrogens with two attached hydrogens (primary N) is 1. The van der Waals surface area contributed by atoms with Crippen molar-refractivity contribution in [1.29, 1.82) is 5.41 Å². The molecule has 0 aliphatic heterocycles. The summed E-state index contributed by atoms with van der Waals surface area (Å²) in [6, 6.07) is 7.06. The van der Waals surface area contributed by atoms with Crippen LogP contribution in [0.4, 0.5) is 5.69 Å². The lowest BCUT2D eigenvalue weighted by atomic mass is 10.2. The molecule has 1 aromatic carbocycles. The first kappa shape index (κ1) is 12.5. The second-order valence-electron chi connectivity index (χ2n) is 3.63. The monoisotopic (exact) mass is 241 g/mol. The molecule has 0 radical (unpaired) electrons. The van der Waals surface area contributed by atoms with E-state index < -0.39 is 10.0 Å². The van der Waals surface area contributed by atoms with E-state index in [2.05, 4.69) is 0 Å². The molecule has 16 heavy (non-hydrogen) atoms. The molecule has 1 rings (SSSR count). The van der Waals surface area contributed by atoms with Crippen LogP contribution in [0.15, 0.2) is 24.3 Å². The molecule has 6 heteroatoms. The fourth-order valence-corrected chi connectivity index (χ4v) is 2.21. The topological polar surface area (TPSA) is 87.2 Å². The van der Waals surface area contributed by atoms with Crippen LogP contribution in [0.2, 0.25) is 0 Å². The Labute approximate surface area is 95.4 Å². The number of aryl methyl sites for hydroxylation is 1. The van der Waals surface area contributed by atoms with E-state index in [1.54, 1.807) is 18.2 Å². The molecule has 0 aromatic heterocycles. The standard InChI is InChI=1S/C10H15N3O2S/c1-8-4-3-5-9(6-8)13(7-10(11)12)16(2,14)15/h3-6H,7H2,1-2H3,(H3,11,12). The van der Waals surface area contributed by atoms with Gasteiger partial charge in [-0.3, -0.25) is 9.71 Å². The van der Waals surface area contributed by atoms with Crippen molar-refractivity contribution in [2.75, 3.05) is 17.1 Å². The van der Waals surface area contributed by atoms with Crippen molar-refractivity contribution < 1.29 is 8.42 Å². The first-order valence-electron chi connectivity index (χ1n) is 4.68. The molecule has 0 fully saturated rings. The zero-order valence-corrected chi connectivity index (χ0v) is 10.1. The van der Waals surface area contributed by atoms with Crippen molar-refractivity contribution in [3.8, 4) is 0 Å². The van der Waals surface area contributed by atoms with Gasteiger partial charge in [0.15, 0.2) is 0 Å². The Bertz CT molecular complexity index is 497. The van der Waals surface area contributed by atoms with Gasteiger partial charge in [0.25, 0.3) is 0 Å². The summed E-state index contributed by atoms with van der Waals surface area (Å²) in [6.07, 6.45) is 1.10. The Hall–Kier alpha value is -1.56. The summed E-state index contributed by atoms with van der Waals surface area (Å²) in [5, 5.41) is 7.18. The average molecular weight is 241 g/mol. The maximum atomic E-state index is 11.6. The van der Waals surface area contributed by atoms with Gasteiger partial charge in [0.2, 0.25) is 10.0 Å². The predicted octanol–water partition coefficient (Wildman–Crippen LogP) is 0.697. The van der Waals surface area contributed by atoms with Crippen molar-refractivity contribution in [3.63, 3.8) is 0 Å². The van der Waals surface area contributed by atoms with Crippen molar-refractivity contribution >= 4 is 21.5 Å².